The first kappa shape index (κ1) is 8.49. The molecule has 0 aliphatic carbocycles. The third kappa shape index (κ3) is 1.30. The number of carbonyl (C=O) groups excluding carboxylic acids is 1. The van der Waals surface area contributed by atoms with E-state index in [0.717, 1.165) is 10.6 Å². The van der Waals surface area contributed by atoms with E-state index in [1.165, 1.54) is 11.3 Å². The fourth-order valence-electron chi connectivity index (χ4n) is 1.57. The number of nitrogens with one attached hydrogen (secondary N) is 1. The molecule has 3 nitrogen and oxygen atoms in total. The number of anilines is 1. The first-order chi connectivity index (χ1) is 7.34. The van der Waals surface area contributed by atoms with E-state index in [2.05, 4.69) is 5.32 Å². The fraction of sp³-hybridized carbons (Fsp3) is 0. The largest absolute Gasteiger partial charge is 0.465 e. The second-order valence-corrected chi connectivity index (χ2v) is 4.11. The molecule has 0 fully saturated rings. The first-order valence-corrected chi connectivity index (χ1v) is 5.37. The Bertz CT molecular complexity index is 537. The molecule has 74 valence electrons. The summed E-state index contributed by atoms with van der Waals surface area (Å²) >= 11 is 1.53. The van der Waals surface area contributed by atoms with Gasteiger partial charge in [-0.1, -0.05) is 0 Å². The van der Waals surface area contributed by atoms with Crippen LogP contribution >= 0.6 is 11.3 Å². The first-order valence-electron chi connectivity index (χ1n) is 4.49. The molecule has 2 aromatic rings. The SMILES string of the molecule is O=C1Nc2sccc2/C1=C\c1ccco1. The number of hydrogen-bond donors (Lipinski definition) is 1. The van der Waals surface area contributed by atoms with Crippen molar-refractivity contribution in [2.75, 3.05) is 5.32 Å². The van der Waals surface area contributed by atoms with E-state index in [1.807, 2.05) is 17.5 Å². The molecule has 1 N–H and O–H groups in total. The summed E-state index contributed by atoms with van der Waals surface area (Å²) in [6.45, 7) is 0. The van der Waals surface area contributed by atoms with Crippen LogP contribution in [0, 0.1) is 0 Å². The minimum absolute atomic E-state index is 0.0618. The summed E-state index contributed by atoms with van der Waals surface area (Å²) in [5, 5.41) is 5.68. The Morgan fingerprint density at radius 3 is 3.13 bits per heavy atom. The predicted octanol–water partition coefficient (Wildman–Crippen LogP) is 2.83. The van der Waals surface area contributed by atoms with Gasteiger partial charge in [-0.05, 0) is 29.7 Å². The van der Waals surface area contributed by atoms with Crippen molar-refractivity contribution in [1.29, 1.82) is 0 Å². The van der Waals surface area contributed by atoms with Crippen LogP contribution in [0.4, 0.5) is 5.00 Å². The molecule has 0 spiro atoms. The molecule has 0 radical (unpaired) electrons. The molecule has 2 aromatic heterocycles. The van der Waals surface area contributed by atoms with Crippen LogP contribution < -0.4 is 5.32 Å². The minimum Gasteiger partial charge on any atom is -0.465 e. The van der Waals surface area contributed by atoms with Crippen LogP contribution in [0.3, 0.4) is 0 Å². The monoisotopic (exact) mass is 217 g/mol. The van der Waals surface area contributed by atoms with Gasteiger partial charge in [0, 0.05) is 5.56 Å². The molecule has 0 saturated carbocycles. The maximum atomic E-state index is 11.6. The maximum Gasteiger partial charge on any atom is 0.257 e. The zero-order chi connectivity index (χ0) is 10.3. The van der Waals surface area contributed by atoms with Crippen molar-refractivity contribution < 1.29 is 9.21 Å². The van der Waals surface area contributed by atoms with Gasteiger partial charge in [0.15, 0.2) is 0 Å². The summed E-state index contributed by atoms with van der Waals surface area (Å²) in [7, 11) is 0. The van der Waals surface area contributed by atoms with Crippen LogP contribution in [0.1, 0.15) is 11.3 Å². The summed E-state index contributed by atoms with van der Waals surface area (Å²) in [5.41, 5.74) is 1.63. The van der Waals surface area contributed by atoms with Gasteiger partial charge in [-0.3, -0.25) is 4.79 Å². The van der Waals surface area contributed by atoms with Crippen LogP contribution in [0.25, 0.3) is 11.6 Å². The van der Waals surface area contributed by atoms with Crippen molar-refractivity contribution in [2.24, 2.45) is 0 Å². The smallest absolute Gasteiger partial charge is 0.257 e. The van der Waals surface area contributed by atoms with E-state index in [1.54, 1.807) is 18.4 Å². The molecular formula is C11H7NO2S. The molecule has 0 unspecified atom stereocenters. The average Bonchev–Trinajstić information content (AvgIpc) is 2.86. The minimum atomic E-state index is -0.0618. The lowest BCUT2D eigenvalue weighted by molar-refractivity contribution is -0.110. The van der Waals surface area contributed by atoms with Crippen molar-refractivity contribution in [1.82, 2.24) is 0 Å². The third-order valence-electron chi connectivity index (χ3n) is 2.26. The Hall–Kier alpha value is -1.81. The second-order valence-electron chi connectivity index (χ2n) is 3.19. The van der Waals surface area contributed by atoms with E-state index >= 15 is 0 Å². The summed E-state index contributed by atoms with van der Waals surface area (Å²) in [5.74, 6) is 0.632. The number of hydrogen-bond acceptors (Lipinski definition) is 3. The van der Waals surface area contributed by atoms with Gasteiger partial charge >= 0.3 is 0 Å². The van der Waals surface area contributed by atoms with E-state index in [-0.39, 0.29) is 5.91 Å². The van der Waals surface area contributed by atoms with Crippen LogP contribution in [0.15, 0.2) is 34.3 Å². The number of thiophene rings is 1. The number of fused-ring (bicyclic) bond motifs is 1. The van der Waals surface area contributed by atoms with Crippen molar-refractivity contribution in [3.63, 3.8) is 0 Å². The molecule has 1 aliphatic rings. The third-order valence-corrected chi connectivity index (χ3v) is 3.09. The van der Waals surface area contributed by atoms with Gasteiger partial charge in [0.25, 0.3) is 5.91 Å². The Morgan fingerprint density at radius 2 is 2.33 bits per heavy atom. The number of furan rings is 1. The molecule has 0 atom stereocenters. The highest BCUT2D eigenvalue weighted by molar-refractivity contribution is 7.15. The molecule has 15 heavy (non-hydrogen) atoms. The van der Waals surface area contributed by atoms with Crippen molar-refractivity contribution in [3.05, 3.63) is 41.2 Å². The highest BCUT2D eigenvalue weighted by Crippen LogP contribution is 2.37. The summed E-state index contributed by atoms with van der Waals surface area (Å²) in [6, 6.07) is 5.56. The molecule has 3 rings (SSSR count). The van der Waals surface area contributed by atoms with Gasteiger partial charge in [-0.2, -0.15) is 0 Å². The molecule has 0 bridgehead atoms. The lowest BCUT2D eigenvalue weighted by Gasteiger charge is -1.92. The van der Waals surface area contributed by atoms with E-state index < -0.39 is 0 Å². The lowest BCUT2D eigenvalue weighted by Crippen LogP contribution is -2.03. The molecule has 4 heteroatoms. The lowest BCUT2D eigenvalue weighted by atomic mass is 10.1. The van der Waals surface area contributed by atoms with E-state index in [4.69, 9.17) is 4.42 Å². The Kier molecular flexibility index (Phi) is 1.76. The second kappa shape index (κ2) is 3.10. The van der Waals surface area contributed by atoms with Gasteiger partial charge in [0.05, 0.1) is 11.8 Å². The predicted molar refractivity (Wildman–Crippen MR) is 59.5 cm³/mol. The van der Waals surface area contributed by atoms with Crippen molar-refractivity contribution in [2.45, 2.75) is 0 Å². The average molecular weight is 217 g/mol. The van der Waals surface area contributed by atoms with Crippen molar-refractivity contribution >= 4 is 33.9 Å². The molecule has 1 aliphatic heterocycles. The van der Waals surface area contributed by atoms with Crippen LogP contribution in [0.2, 0.25) is 0 Å². The Balaban J connectivity index is 2.10. The summed E-state index contributed by atoms with van der Waals surface area (Å²) < 4.78 is 5.18. The Morgan fingerprint density at radius 1 is 1.40 bits per heavy atom. The van der Waals surface area contributed by atoms with Gasteiger partial charge in [-0.15, -0.1) is 11.3 Å². The summed E-state index contributed by atoms with van der Waals surface area (Å²) in [6.07, 6.45) is 3.35. The van der Waals surface area contributed by atoms with Gasteiger partial charge in [-0.25, -0.2) is 0 Å². The molecular weight excluding hydrogens is 210 g/mol. The number of rotatable bonds is 1. The highest BCUT2D eigenvalue weighted by atomic mass is 32.1. The number of carbonyl (C=O) groups is 1. The maximum absolute atomic E-state index is 11.6. The normalized spacial score (nSPS) is 16.8. The summed E-state index contributed by atoms with van der Waals surface area (Å²) in [4.78, 5) is 11.6. The van der Waals surface area contributed by atoms with Gasteiger partial charge in [0.2, 0.25) is 0 Å². The fourth-order valence-corrected chi connectivity index (χ4v) is 2.37. The van der Waals surface area contributed by atoms with Crippen LogP contribution in [-0.4, -0.2) is 5.91 Å². The number of amides is 1. The molecule has 0 aromatic carbocycles. The standard InChI is InChI=1S/C11H7NO2S/c13-10-9(6-7-2-1-4-14-7)8-3-5-15-11(8)12-10/h1-6H,(H,12,13)/b9-6+. The molecule has 1 amide bonds. The topological polar surface area (TPSA) is 42.2 Å². The van der Waals surface area contributed by atoms with Gasteiger partial charge in [0.1, 0.15) is 10.8 Å². The van der Waals surface area contributed by atoms with Gasteiger partial charge < -0.3 is 9.73 Å². The zero-order valence-corrected chi connectivity index (χ0v) is 8.51. The highest BCUT2D eigenvalue weighted by Gasteiger charge is 2.25. The molecule has 3 heterocycles. The zero-order valence-electron chi connectivity index (χ0n) is 7.69. The van der Waals surface area contributed by atoms with Crippen LogP contribution in [-0.2, 0) is 4.79 Å². The quantitative estimate of drug-likeness (QED) is 0.746. The van der Waals surface area contributed by atoms with Crippen LogP contribution in [0.5, 0.6) is 0 Å². The Labute approximate surface area is 90.0 Å². The van der Waals surface area contributed by atoms with Crippen molar-refractivity contribution in [3.8, 4) is 0 Å². The van der Waals surface area contributed by atoms with E-state index in [0.29, 0.717) is 11.3 Å². The van der Waals surface area contributed by atoms with E-state index in [9.17, 15) is 4.79 Å². The molecule has 0 saturated heterocycles.